The molecule has 1 atom stereocenters. The topological polar surface area (TPSA) is 12.0 Å². The lowest BCUT2D eigenvalue weighted by Gasteiger charge is -2.20. The van der Waals surface area contributed by atoms with Gasteiger partial charge in [0.2, 0.25) is 0 Å². The second kappa shape index (κ2) is 8.60. The maximum Gasteiger partial charge on any atom is 0.0406 e. The Morgan fingerprint density at radius 1 is 0.947 bits per heavy atom. The zero-order valence-electron chi connectivity index (χ0n) is 12.7. The quantitative estimate of drug-likeness (QED) is 0.722. The summed E-state index contributed by atoms with van der Waals surface area (Å²) in [5.41, 5.74) is 1.39. The molecule has 1 rings (SSSR count). The molecule has 0 aromatic heterocycles. The van der Waals surface area contributed by atoms with Crippen molar-refractivity contribution in [3.8, 4) is 0 Å². The van der Waals surface area contributed by atoms with E-state index in [0.717, 1.165) is 36.4 Å². The Hall–Kier alpha value is -0.530. The van der Waals surface area contributed by atoms with Gasteiger partial charge in [-0.05, 0) is 61.4 Å². The summed E-state index contributed by atoms with van der Waals surface area (Å²) >= 11 is 5.94. The Morgan fingerprint density at radius 2 is 1.58 bits per heavy atom. The van der Waals surface area contributed by atoms with Crippen LogP contribution in [-0.2, 0) is 6.42 Å². The first-order chi connectivity index (χ1) is 8.97. The van der Waals surface area contributed by atoms with Crippen molar-refractivity contribution < 1.29 is 0 Å². The fourth-order valence-electron chi connectivity index (χ4n) is 2.44. The van der Waals surface area contributed by atoms with Gasteiger partial charge in [-0.2, -0.15) is 0 Å². The second-order valence-corrected chi connectivity index (χ2v) is 6.81. The highest BCUT2D eigenvalue weighted by molar-refractivity contribution is 6.30. The fourth-order valence-corrected chi connectivity index (χ4v) is 2.56. The predicted octanol–water partition coefficient (Wildman–Crippen LogP) is 4.79. The van der Waals surface area contributed by atoms with E-state index in [1.807, 2.05) is 12.1 Å². The minimum Gasteiger partial charge on any atom is -0.316 e. The highest BCUT2D eigenvalue weighted by Crippen LogP contribution is 2.18. The van der Waals surface area contributed by atoms with Crippen molar-refractivity contribution >= 4 is 11.6 Å². The normalized spacial score (nSPS) is 13.2. The number of hydrogen-bond acceptors (Lipinski definition) is 1. The molecular formula is C17H28ClN. The summed E-state index contributed by atoms with van der Waals surface area (Å²) in [5, 5.41) is 4.42. The van der Waals surface area contributed by atoms with Crippen molar-refractivity contribution in [3.63, 3.8) is 0 Å². The van der Waals surface area contributed by atoms with E-state index in [9.17, 15) is 0 Å². The van der Waals surface area contributed by atoms with E-state index in [1.165, 1.54) is 12.0 Å². The molecule has 1 aromatic carbocycles. The molecular weight excluding hydrogens is 254 g/mol. The summed E-state index contributed by atoms with van der Waals surface area (Å²) in [6, 6.07) is 8.28. The van der Waals surface area contributed by atoms with Gasteiger partial charge in [0.1, 0.15) is 0 Å². The Morgan fingerprint density at radius 3 is 2.11 bits per heavy atom. The van der Waals surface area contributed by atoms with E-state index < -0.39 is 0 Å². The van der Waals surface area contributed by atoms with Gasteiger partial charge in [0, 0.05) is 5.02 Å². The van der Waals surface area contributed by atoms with Crippen LogP contribution in [0.2, 0.25) is 5.02 Å². The minimum absolute atomic E-state index is 0.708. The smallest absolute Gasteiger partial charge is 0.0406 e. The Labute approximate surface area is 123 Å². The standard InChI is InChI=1S/C17H28ClN/c1-13(2)9-16(12-19-11-14(3)4)10-15-5-7-17(18)8-6-15/h5-8,13-14,16,19H,9-12H2,1-4H3. The fraction of sp³-hybridized carbons (Fsp3) is 0.647. The monoisotopic (exact) mass is 281 g/mol. The zero-order chi connectivity index (χ0) is 14.3. The van der Waals surface area contributed by atoms with Gasteiger partial charge >= 0.3 is 0 Å². The molecule has 1 aromatic rings. The van der Waals surface area contributed by atoms with Crippen LogP contribution in [0, 0.1) is 17.8 Å². The molecule has 2 heteroatoms. The molecule has 0 bridgehead atoms. The Bertz CT molecular complexity index is 343. The average Bonchev–Trinajstić information content (AvgIpc) is 2.30. The summed E-state index contributed by atoms with van der Waals surface area (Å²) in [4.78, 5) is 0. The van der Waals surface area contributed by atoms with Crippen LogP contribution in [0.15, 0.2) is 24.3 Å². The average molecular weight is 282 g/mol. The van der Waals surface area contributed by atoms with Crippen molar-refractivity contribution in [2.24, 2.45) is 17.8 Å². The number of hydrogen-bond donors (Lipinski definition) is 1. The number of nitrogens with one attached hydrogen (secondary N) is 1. The van der Waals surface area contributed by atoms with Gasteiger partial charge in [-0.15, -0.1) is 0 Å². The third-order valence-corrected chi connectivity index (χ3v) is 3.48. The van der Waals surface area contributed by atoms with E-state index in [-0.39, 0.29) is 0 Å². The molecule has 0 saturated heterocycles. The zero-order valence-corrected chi connectivity index (χ0v) is 13.5. The molecule has 0 saturated carbocycles. The van der Waals surface area contributed by atoms with Crippen LogP contribution in [-0.4, -0.2) is 13.1 Å². The van der Waals surface area contributed by atoms with Crippen LogP contribution >= 0.6 is 11.6 Å². The summed E-state index contributed by atoms with van der Waals surface area (Å²) in [7, 11) is 0. The van der Waals surface area contributed by atoms with E-state index in [1.54, 1.807) is 0 Å². The molecule has 0 aliphatic heterocycles. The van der Waals surface area contributed by atoms with Crippen LogP contribution in [0.25, 0.3) is 0 Å². The van der Waals surface area contributed by atoms with Crippen LogP contribution < -0.4 is 5.32 Å². The molecule has 0 spiro atoms. The van der Waals surface area contributed by atoms with Crippen LogP contribution in [0.4, 0.5) is 0 Å². The van der Waals surface area contributed by atoms with Crippen molar-refractivity contribution in [3.05, 3.63) is 34.9 Å². The minimum atomic E-state index is 0.708. The van der Waals surface area contributed by atoms with Crippen molar-refractivity contribution in [1.29, 1.82) is 0 Å². The molecule has 19 heavy (non-hydrogen) atoms. The molecule has 1 unspecified atom stereocenters. The van der Waals surface area contributed by atoms with Crippen LogP contribution in [0.1, 0.15) is 39.7 Å². The highest BCUT2D eigenvalue weighted by Gasteiger charge is 2.12. The van der Waals surface area contributed by atoms with Gasteiger partial charge in [-0.3, -0.25) is 0 Å². The summed E-state index contributed by atoms with van der Waals surface area (Å²) in [5.74, 6) is 2.17. The summed E-state index contributed by atoms with van der Waals surface area (Å²) in [6.07, 6.45) is 2.41. The highest BCUT2D eigenvalue weighted by atomic mass is 35.5. The third-order valence-electron chi connectivity index (χ3n) is 3.23. The molecule has 0 aliphatic rings. The summed E-state index contributed by atoms with van der Waals surface area (Å²) in [6.45, 7) is 11.3. The molecule has 1 N–H and O–H groups in total. The third kappa shape index (κ3) is 7.59. The van der Waals surface area contributed by atoms with E-state index in [2.05, 4.69) is 45.1 Å². The molecule has 0 amide bonds. The number of halogens is 1. The Kier molecular flexibility index (Phi) is 7.48. The van der Waals surface area contributed by atoms with Crippen LogP contribution in [0.3, 0.4) is 0 Å². The van der Waals surface area contributed by atoms with Gasteiger partial charge in [0.05, 0.1) is 0 Å². The molecule has 0 radical (unpaired) electrons. The largest absolute Gasteiger partial charge is 0.316 e. The first-order valence-electron chi connectivity index (χ1n) is 7.42. The maximum absolute atomic E-state index is 5.94. The second-order valence-electron chi connectivity index (χ2n) is 6.38. The molecule has 0 heterocycles. The molecule has 108 valence electrons. The lowest BCUT2D eigenvalue weighted by molar-refractivity contribution is 0.376. The predicted molar refractivity (Wildman–Crippen MR) is 85.8 cm³/mol. The van der Waals surface area contributed by atoms with Crippen LogP contribution in [0.5, 0.6) is 0 Å². The van der Waals surface area contributed by atoms with E-state index in [0.29, 0.717) is 5.92 Å². The SMILES string of the molecule is CC(C)CNCC(Cc1ccc(Cl)cc1)CC(C)C. The molecule has 0 aliphatic carbocycles. The Balaban J connectivity index is 2.50. The van der Waals surface area contributed by atoms with Gasteiger partial charge in [-0.25, -0.2) is 0 Å². The van der Waals surface area contributed by atoms with Gasteiger partial charge in [-0.1, -0.05) is 51.4 Å². The maximum atomic E-state index is 5.94. The van der Waals surface area contributed by atoms with Gasteiger partial charge < -0.3 is 5.32 Å². The van der Waals surface area contributed by atoms with Crippen molar-refractivity contribution in [2.75, 3.05) is 13.1 Å². The first kappa shape index (κ1) is 16.5. The van der Waals surface area contributed by atoms with E-state index in [4.69, 9.17) is 11.6 Å². The number of benzene rings is 1. The van der Waals surface area contributed by atoms with Gasteiger partial charge in [0.15, 0.2) is 0 Å². The lowest BCUT2D eigenvalue weighted by atomic mass is 9.91. The molecule has 1 nitrogen and oxygen atoms in total. The lowest BCUT2D eigenvalue weighted by Crippen LogP contribution is -2.28. The molecule has 0 fully saturated rings. The van der Waals surface area contributed by atoms with Crippen molar-refractivity contribution in [1.82, 2.24) is 5.32 Å². The van der Waals surface area contributed by atoms with Gasteiger partial charge in [0.25, 0.3) is 0 Å². The summed E-state index contributed by atoms with van der Waals surface area (Å²) < 4.78 is 0. The van der Waals surface area contributed by atoms with Crippen molar-refractivity contribution in [2.45, 2.75) is 40.5 Å². The first-order valence-corrected chi connectivity index (χ1v) is 7.80. The van der Waals surface area contributed by atoms with E-state index >= 15 is 0 Å². The number of rotatable bonds is 8.